The largest absolute Gasteiger partial charge is 0.370 e. The van der Waals surface area contributed by atoms with Crippen LogP contribution >= 0.6 is 0 Å². The molecule has 10 N–H and O–H groups in total. The monoisotopic (exact) mass is 508 g/mol. The SMILES string of the molecule is CCCCC(CC)CN=C(NCC(CC)CCCC)NC(N)=NCCCCCCN=C(N)N=C(N)N. The molecule has 0 amide bonds. The van der Waals surface area contributed by atoms with Gasteiger partial charge in [0.05, 0.1) is 0 Å². The van der Waals surface area contributed by atoms with Crippen LogP contribution in [-0.4, -0.2) is 50.0 Å². The van der Waals surface area contributed by atoms with E-state index in [1.807, 2.05) is 0 Å². The van der Waals surface area contributed by atoms with Crippen LogP contribution in [0.5, 0.6) is 0 Å². The van der Waals surface area contributed by atoms with Gasteiger partial charge in [0.15, 0.2) is 17.9 Å². The van der Waals surface area contributed by atoms with E-state index in [2.05, 4.69) is 53.3 Å². The van der Waals surface area contributed by atoms with Crippen LogP contribution in [0.1, 0.15) is 105 Å². The van der Waals surface area contributed by atoms with Crippen molar-refractivity contribution in [1.29, 1.82) is 0 Å². The molecule has 0 fully saturated rings. The third-order valence-electron chi connectivity index (χ3n) is 6.26. The molecular formula is C26H56N10. The summed E-state index contributed by atoms with van der Waals surface area (Å²) in [5, 5.41) is 6.75. The zero-order chi connectivity index (χ0) is 27.0. The maximum atomic E-state index is 6.20. The summed E-state index contributed by atoms with van der Waals surface area (Å²) in [7, 11) is 0. The second-order valence-electron chi connectivity index (χ2n) is 9.49. The summed E-state index contributed by atoms with van der Waals surface area (Å²) in [6.07, 6.45) is 13.7. The molecule has 10 heteroatoms. The van der Waals surface area contributed by atoms with Crippen molar-refractivity contribution in [2.45, 2.75) is 105 Å². The average Bonchev–Trinajstić information content (AvgIpc) is 2.85. The molecule has 0 saturated carbocycles. The topological polar surface area (TPSA) is 178 Å². The van der Waals surface area contributed by atoms with Crippen molar-refractivity contribution in [2.24, 2.45) is 54.7 Å². The Balaban J connectivity index is 4.69. The smallest absolute Gasteiger partial charge is 0.218 e. The highest BCUT2D eigenvalue weighted by molar-refractivity contribution is 5.97. The first kappa shape index (κ1) is 33.5. The number of hydrogen-bond acceptors (Lipinski definition) is 3. The lowest BCUT2D eigenvalue weighted by Gasteiger charge is -2.19. The molecular weight excluding hydrogens is 452 g/mol. The highest BCUT2D eigenvalue weighted by Crippen LogP contribution is 2.13. The lowest BCUT2D eigenvalue weighted by molar-refractivity contribution is 0.441. The normalized spacial score (nSPS) is 14.4. The highest BCUT2D eigenvalue weighted by Gasteiger charge is 2.10. The minimum atomic E-state index is -0.0768. The van der Waals surface area contributed by atoms with E-state index >= 15 is 0 Å². The van der Waals surface area contributed by atoms with Gasteiger partial charge in [-0.05, 0) is 37.5 Å². The molecule has 0 aromatic rings. The minimum absolute atomic E-state index is 0.0768. The standard InChI is InChI=1S/C26H56N10/c1-5-9-15-21(7-3)19-33-26(34-20-22(8-4)16-10-6-2)36-25(30)32-18-14-12-11-13-17-31-24(29)35-23(27)28/h21-22H,5-20H2,1-4H3,(H6,27,28,29,31,35)(H4,30,32,33,34,36). The van der Waals surface area contributed by atoms with E-state index in [9.17, 15) is 0 Å². The molecule has 0 aliphatic carbocycles. The molecule has 0 aliphatic rings. The van der Waals surface area contributed by atoms with Crippen LogP contribution in [-0.2, 0) is 0 Å². The van der Waals surface area contributed by atoms with Crippen LogP contribution < -0.4 is 33.6 Å². The molecule has 2 atom stereocenters. The van der Waals surface area contributed by atoms with Gasteiger partial charge in [-0.15, -0.1) is 0 Å². The first-order chi connectivity index (χ1) is 17.4. The Morgan fingerprint density at radius 2 is 1.28 bits per heavy atom. The van der Waals surface area contributed by atoms with Gasteiger partial charge in [-0.3, -0.25) is 20.3 Å². The summed E-state index contributed by atoms with van der Waals surface area (Å²) in [4.78, 5) is 17.2. The molecule has 0 aromatic heterocycles. The van der Waals surface area contributed by atoms with E-state index in [4.69, 9.17) is 27.9 Å². The zero-order valence-corrected chi connectivity index (χ0v) is 23.6. The molecule has 10 nitrogen and oxygen atoms in total. The van der Waals surface area contributed by atoms with Gasteiger partial charge in [-0.2, -0.15) is 4.99 Å². The number of nitrogens with one attached hydrogen (secondary N) is 2. The molecule has 2 unspecified atom stereocenters. The summed E-state index contributed by atoms with van der Waals surface area (Å²) in [5.74, 6) is 2.44. The summed E-state index contributed by atoms with van der Waals surface area (Å²) in [6, 6.07) is 0. The summed E-state index contributed by atoms with van der Waals surface area (Å²) in [6.45, 7) is 12.0. The summed E-state index contributed by atoms with van der Waals surface area (Å²) in [5.41, 5.74) is 22.3. The van der Waals surface area contributed by atoms with Gasteiger partial charge in [0.2, 0.25) is 5.96 Å². The van der Waals surface area contributed by atoms with E-state index in [0.717, 1.165) is 57.6 Å². The second kappa shape index (κ2) is 22.9. The van der Waals surface area contributed by atoms with E-state index < -0.39 is 0 Å². The Bertz CT molecular complexity index is 653. The third kappa shape index (κ3) is 19.8. The first-order valence-corrected chi connectivity index (χ1v) is 14.1. The number of unbranched alkanes of at least 4 members (excludes halogenated alkanes) is 5. The van der Waals surface area contributed by atoms with E-state index in [1.165, 1.54) is 38.5 Å². The molecule has 0 spiro atoms. The number of nitrogens with zero attached hydrogens (tertiary/aromatic N) is 4. The van der Waals surface area contributed by atoms with Crippen molar-refractivity contribution in [3.8, 4) is 0 Å². The maximum absolute atomic E-state index is 6.20. The molecule has 0 aromatic carbocycles. The predicted molar refractivity (Wildman–Crippen MR) is 157 cm³/mol. The molecule has 0 rings (SSSR count). The number of rotatable bonds is 19. The van der Waals surface area contributed by atoms with Crippen molar-refractivity contribution in [2.75, 3.05) is 26.2 Å². The fraction of sp³-hybridized carbons (Fsp3) is 0.846. The Labute approximate surface area is 220 Å². The van der Waals surface area contributed by atoms with Gasteiger partial charge < -0.3 is 28.3 Å². The Morgan fingerprint density at radius 1 is 0.694 bits per heavy atom. The molecule has 0 saturated heterocycles. The van der Waals surface area contributed by atoms with Gasteiger partial charge in [-0.1, -0.05) is 79.1 Å². The average molecular weight is 509 g/mol. The molecule has 36 heavy (non-hydrogen) atoms. The summed E-state index contributed by atoms with van der Waals surface area (Å²) >= 11 is 0. The summed E-state index contributed by atoms with van der Waals surface area (Å²) < 4.78 is 0. The lowest BCUT2D eigenvalue weighted by Crippen LogP contribution is -2.46. The number of guanidine groups is 4. The Hall–Kier alpha value is -2.52. The van der Waals surface area contributed by atoms with Gasteiger partial charge in [0.25, 0.3) is 0 Å². The fourth-order valence-electron chi connectivity index (χ4n) is 3.76. The predicted octanol–water partition coefficient (Wildman–Crippen LogP) is 3.42. The zero-order valence-electron chi connectivity index (χ0n) is 23.6. The fourth-order valence-corrected chi connectivity index (χ4v) is 3.76. The van der Waals surface area contributed by atoms with E-state index in [-0.39, 0.29) is 11.9 Å². The second-order valence-corrected chi connectivity index (χ2v) is 9.49. The maximum Gasteiger partial charge on any atom is 0.218 e. The molecule has 0 aliphatic heterocycles. The molecule has 210 valence electrons. The van der Waals surface area contributed by atoms with E-state index in [0.29, 0.717) is 30.9 Å². The lowest BCUT2D eigenvalue weighted by atomic mass is 9.99. The number of aliphatic imine (C=N–C) groups is 4. The van der Waals surface area contributed by atoms with Crippen molar-refractivity contribution < 1.29 is 0 Å². The highest BCUT2D eigenvalue weighted by atomic mass is 15.2. The van der Waals surface area contributed by atoms with Crippen molar-refractivity contribution in [3.05, 3.63) is 0 Å². The number of hydrogen-bond donors (Lipinski definition) is 6. The van der Waals surface area contributed by atoms with Crippen LogP contribution in [0.15, 0.2) is 20.0 Å². The van der Waals surface area contributed by atoms with Gasteiger partial charge in [-0.25, -0.2) is 0 Å². The minimum Gasteiger partial charge on any atom is -0.370 e. The van der Waals surface area contributed by atoms with Crippen molar-refractivity contribution in [3.63, 3.8) is 0 Å². The van der Waals surface area contributed by atoms with Gasteiger partial charge >= 0.3 is 0 Å². The Morgan fingerprint density at radius 3 is 1.83 bits per heavy atom. The molecule has 0 heterocycles. The molecule has 0 radical (unpaired) electrons. The van der Waals surface area contributed by atoms with Crippen molar-refractivity contribution >= 4 is 23.8 Å². The quantitative estimate of drug-likeness (QED) is 0.0884. The van der Waals surface area contributed by atoms with Crippen LogP contribution in [0.3, 0.4) is 0 Å². The number of nitrogens with two attached hydrogens (primary N) is 4. The van der Waals surface area contributed by atoms with E-state index in [1.54, 1.807) is 0 Å². The first-order valence-electron chi connectivity index (χ1n) is 14.1. The Kier molecular flexibility index (Phi) is 21.3. The van der Waals surface area contributed by atoms with Crippen LogP contribution in [0.2, 0.25) is 0 Å². The molecule has 0 bridgehead atoms. The van der Waals surface area contributed by atoms with Crippen LogP contribution in [0, 0.1) is 11.8 Å². The van der Waals surface area contributed by atoms with Crippen LogP contribution in [0.4, 0.5) is 0 Å². The van der Waals surface area contributed by atoms with Gasteiger partial charge in [0.1, 0.15) is 0 Å². The third-order valence-corrected chi connectivity index (χ3v) is 6.26. The van der Waals surface area contributed by atoms with Crippen molar-refractivity contribution in [1.82, 2.24) is 10.6 Å². The van der Waals surface area contributed by atoms with Crippen LogP contribution in [0.25, 0.3) is 0 Å². The van der Waals surface area contributed by atoms with Gasteiger partial charge in [0, 0.05) is 26.2 Å².